The highest BCUT2D eigenvalue weighted by atomic mass is 17.2. The van der Waals surface area contributed by atoms with Crippen LogP contribution in [0.5, 0.6) is 11.5 Å². The summed E-state index contributed by atoms with van der Waals surface area (Å²) in [5, 5.41) is 10.7. The average molecular weight is 137 g/mol. The van der Waals surface area contributed by atoms with Gasteiger partial charge in [0.2, 0.25) is 0 Å². The van der Waals surface area contributed by atoms with Gasteiger partial charge in [0.05, 0.1) is 0 Å². The highest BCUT2D eigenvalue weighted by Crippen LogP contribution is 2.29. The molecule has 10 heavy (non-hydrogen) atoms. The molecule has 1 heterocycles. The molecule has 0 saturated carbocycles. The van der Waals surface area contributed by atoms with Crippen LogP contribution in [0.1, 0.15) is 5.56 Å². The van der Waals surface area contributed by atoms with Crippen molar-refractivity contribution in [1.82, 2.24) is 0 Å². The van der Waals surface area contributed by atoms with Crippen molar-refractivity contribution in [2.75, 3.05) is 0 Å². The Hall–Kier alpha value is -1.22. The van der Waals surface area contributed by atoms with E-state index in [0.717, 1.165) is 5.56 Å². The van der Waals surface area contributed by atoms with Gasteiger partial charge in [0, 0.05) is 11.6 Å². The Labute approximate surface area is 57.7 Å². The molecule has 1 aromatic carbocycles. The van der Waals surface area contributed by atoms with Crippen LogP contribution in [0, 0.1) is 0 Å². The van der Waals surface area contributed by atoms with Crippen molar-refractivity contribution in [3.63, 3.8) is 0 Å². The lowest BCUT2D eigenvalue weighted by Crippen LogP contribution is -1.81. The van der Waals surface area contributed by atoms with Crippen LogP contribution in [0.2, 0.25) is 0 Å². The van der Waals surface area contributed by atoms with E-state index < -0.39 is 0 Å². The van der Waals surface area contributed by atoms with Crippen molar-refractivity contribution in [3.8, 4) is 11.5 Å². The minimum Gasteiger partial charge on any atom is -0.337 e. The van der Waals surface area contributed by atoms with Gasteiger partial charge in [-0.15, -0.1) is 0 Å². The predicted octanol–water partition coefficient (Wildman–Crippen LogP) is 1.65. The van der Waals surface area contributed by atoms with Gasteiger partial charge in [-0.3, -0.25) is 5.11 Å². The molecule has 51 valence electrons. The van der Waals surface area contributed by atoms with Crippen LogP contribution in [0.3, 0.4) is 0 Å². The zero-order chi connectivity index (χ0) is 6.97. The van der Waals surface area contributed by atoms with E-state index in [1.807, 2.05) is 0 Å². The summed E-state index contributed by atoms with van der Waals surface area (Å²) < 4.78 is 0. The summed E-state index contributed by atoms with van der Waals surface area (Å²) in [5.74, 6) is 0.497. The van der Waals surface area contributed by atoms with E-state index in [9.17, 15) is 5.11 Å². The van der Waals surface area contributed by atoms with Gasteiger partial charge in [0.15, 0.2) is 11.5 Å². The third-order valence-corrected chi connectivity index (χ3v) is 1.40. The van der Waals surface area contributed by atoms with E-state index in [1.165, 1.54) is 12.1 Å². The maximum absolute atomic E-state index is 10.7. The molecular formula is C7H5O3. The lowest BCUT2D eigenvalue weighted by atomic mass is 10.2. The highest BCUT2D eigenvalue weighted by molar-refractivity contribution is 5.40. The smallest absolute Gasteiger partial charge is 0.182 e. The summed E-state index contributed by atoms with van der Waals surface area (Å²) in [7, 11) is 0. The van der Waals surface area contributed by atoms with E-state index in [0.29, 0.717) is 12.4 Å². The van der Waals surface area contributed by atoms with Gasteiger partial charge in [0.1, 0.15) is 6.61 Å². The van der Waals surface area contributed by atoms with Gasteiger partial charge in [-0.1, -0.05) is 0 Å². The Morgan fingerprint density at radius 1 is 1.40 bits per heavy atom. The van der Waals surface area contributed by atoms with Gasteiger partial charge in [0.25, 0.3) is 0 Å². The summed E-state index contributed by atoms with van der Waals surface area (Å²) >= 11 is 0. The van der Waals surface area contributed by atoms with Crippen molar-refractivity contribution in [3.05, 3.63) is 23.8 Å². The van der Waals surface area contributed by atoms with Crippen LogP contribution in [0.15, 0.2) is 18.2 Å². The molecule has 0 bridgehead atoms. The maximum atomic E-state index is 10.7. The van der Waals surface area contributed by atoms with Crippen molar-refractivity contribution in [1.29, 1.82) is 0 Å². The van der Waals surface area contributed by atoms with Crippen LogP contribution >= 0.6 is 0 Å². The summed E-state index contributed by atoms with van der Waals surface area (Å²) in [6.07, 6.45) is 0. The number of fused-ring (bicyclic) bond motifs is 1. The minimum atomic E-state index is -0.0516. The van der Waals surface area contributed by atoms with E-state index >= 15 is 0 Å². The Morgan fingerprint density at radius 2 is 2.30 bits per heavy atom. The maximum Gasteiger partial charge on any atom is 0.182 e. The number of benzene rings is 1. The van der Waals surface area contributed by atoms with E-state index in [-0.39, 0.29) is 5.75 Å². The van der Waals surface area contributed by atoms with Crippen LogP contribution in [-0.4, -0.2) is 0 Å². The predicted molar refractivity (Wildman–Crippen MR) is 32.0 cm³/mol. The van der Waals surface area contributed by atoms with Gasteiger partial charge in [-0.05, 0) is 12.1 Å². The van der Waals surface area contributed by atoms with Crippen molar-refractivity contribution in [2.45, 2.75) is 6.61 Å². The fourth-order valence-electron chi connectivity index (χ4n) is 0.888. The molecule has 1 aliphatic heterocycles. The first-order chi connectivity index (χ1) is 4.86. The molecule has 1 radical (unpaired) electrons. The first-order valence-corrected chi connectivity index (χ1v) is 2.96. The molecule has 0 N–H and O–H groups in total. The van der Waals surface area contributed by atoms with Crippen molar-refractivity contribution in [2.24, 2.45) is 0 Å². The third kappa shape index (κ3) is 0.717. The molecule has 0 fully saturated rings. The lowest BCUT2D eigenvalue weighted by Gasteiger charge is -1.91. The summed E-state index contributed by atoms with van der Waals surface area (Å²) in [6, 6.07) is 4.63. The van der Waals surface area contributed by atoms with Crippen LogP contribution in [-0.2, 0) is 16.6 Å². The second kappa shape index (κ2) is 1.88. The van der Waals surface area contributed by atoms with E-state index in [2.05, 4.69) is 9.78 Å². The van der Waals surface area contributed by atoms with Gasteiger partial charge in [-0.25, -0.2) is 0 Å². The molecule has 3 nitrogen and oxygen atoms in total. The fraction of sp³-hybridized carbons (Fsp3) is 0.143. The second-order valence-corrected chi connectivity index (χ2v) is 2.12. The highest BCUT2D eigenvalue weighted by Gasteiger charge is 2.13. The van der Waals surface area contributed by atoms with Crippen molar-refractivity contribution < 1.29 is 14.9 Å². The quantitative estimate of drug-likeness (QED) is 0.510. The molecule has 2 rings (SSSR count). The first-order valence-electron chi connectivity index (χ1n) is 2.96. The van der Waals surface area contributed by atoms with E-state index in [4.69, 9.17) is 0 Å². The molecule has 0 amide bonds. The molecule has 0 unspecified atom stereocenters. The Bertz CT molecular complexity index is 257. The standard InChI is InChI=1S/C7H5O3/c8-6-2-1-5-4-9-10-7(5)3-6/h1-3H,4H2. The lowest BCUT2D eigenvalue weighted by molar-refractivity contribution is -0.194. The third-order valence-electron chi connectivity index (χ3n) is 1.40. The average Bonchev–Trinajstić information content (AvgIpc) is 2.33. The van der Waals surface area contributed by atoms with Gasteiger partial charge in [-0.2, -0.15) is 4.89 Å². The fourth-order valence-corrected chi connectivity index (χ4v) is 0.888. The first kappa shape index (κ1) is 5.56. The molecule has 1 aliphatic rings. The number of hydrogen-bond acceptors (Lipinski definition) is 2. The number of hydrogen-bond donors (Lipinski definition) is 0. The normalized spacial score (nSPS) is 14.4. The van der Waals surface area contributed by atoms with Gasteiger partial charge < -0.3 is 4.89 Å². The zero-order valence-electron chi connectivity index (χ0n) is 5.16. The molecular weight excluding hydrogens is 132 g/mol. The van der Waals surface area contributed by atoms with Crippen LogP contribution < -0.4 is 4.89 Å². The van der Waals surface area contributed by atoms with E-state index in [1.54, 1.807) is 6.07 Å². The van der Waals surface area contributed by atoms with Crippen LogP contribution in [0.4, 0.5) is 0 Å². The van der Waals surface area contributed by atoms with Crippen LogP contribution in [0.25, 0.3) is 0 Å². The summed E-state index contributed by atoms with van der Waals surface area (Å²) in [4.78, 5) is 9.31. The number of rotatable bonds is 0. The molecule has 0 spiro atoms. The molecule has 0 saturated heterocycles. The Kier molecular flexibility index (Phi) is 1.05. The molecule has 0 atom stereocenters. The van der Waals surface area contributed by atoms with Crippen molar-refractivity contribution >= 4 is 0 Å². The molecule has 0 aliphatic carbocycles. The summed E-state index contributed by atoms with van der Waals surface area (Å²) in [6.45, 7) is 0.440. The topological polar surface area (TPSA) is 38.4 Å². The SMILES string of the molecule is [O]c1ccc2c(c1)OOC2. The molecule has 3 heteroatoms. The Balaban J connectivity index is 2.52. The Morgan fingerprint density at radius 3 is 3.20 bits per heavy atom. The molecule has 0 aromatic heterocycles. The van der Waals surface area contributed by atoms with Gasteiger partial charge >= 0.3 is 0 Å². The zero-order valence-corrected chi connectivity index (χ0v) is 5.16. The molecule has 1 aromatic rings. The second-order valence-electron chi connectivity index (χ2n) is 2.12. The summed E-state index contributed by atoms with van der Waals surface area (Å²) in [5.41, 5.74) is 0.930. The monoisotopic (exact) mass is 137 g/mol. The largest absolute Gasteiger partial charge is 0.337 e. The minimum absolute atomic E-state index is 0.0516.